The van der Waals surface area contributed by atoms with E-state index in [9.17, 15) is 4.79 Å². The molecule has 0 atom stereocenters. The lowest BCUT2D eigenvalue weighted by atomic mass is 9.91. The fourth-order valence-corrected chi connectivity index (χ4v) is 1.42. The molecule has 3 heteroatoms. The Balaban J connectivity index is 0.000000120. The maximum absolute atomic E-state index is 10.1. The van der Waals surface area contributed by atoms with E-state index in [4.69, 9.17) is 0 Å². The number of rotatable bonds is 1. The molecule has 2 fully saturated rings. The van der Waals surface area contributed by atoms with E-state index in [2.05, 4.69) is 10.2 Å². The van der Waals surface area contributed by atoms with Gasteiger partial charge in [-0.15, -0.1) is 0 Å². The maximum atomic E-state index is 10.1. The summed E-state index contributed by atoms with van der Waals surface area (Å²) in [6, 6.07) is 1.05. The Morgan fingerprint density at radius 2 is 2.00 bits per heavy atom. The molecule has 1 N–H and O–H groups in total. The van der Waals surface area contributed by atoms with Gasteiger partial charge in [-0.1, -0.05) is 6.92 Å². The predicted octanol–water partition coefficient (Wildman–Crippen LogP) is 0.607. The van der Waals surface area contributed by atoms with Crippen molar-refractivity contribution < 1.29 is 4.79 Å². The second-order valence-corrected chi connectivity index (χ2v) is 3.29. The van der Waals surface area contributed by atoms with Crippen molar-refractivity contribution in [1.82, 2.24) is 10.2 Å². The highest BCUT2D eigenvalue weighted by atomic mass is 16.1. The molecule has 0 unspecified atom stereocenters. The lowest BCUT2D eigenvalue weighted by molar-refractivity contribution is -0.120. The van der Waals surface area contributed by atoms with E-state index in [-0.39, 0.29) is 5.91 Å². The summed E-state index contributed by atoms with van der Waals surface area (Å²) in [5, 5.41) is 2.48. The van der Waals surface area contributed by atoms with Crippen LogP contribution in [0.15, 0.2) is 0 Å². The van der Waals surface area contributed by atoms with Crippen LogP contribution in [0.5, 0.6) is 0 Å². The minimum atomic E-state index is 0.0926. The van der Waals surface area contributed by atoms with E-state index in [1.165, 1.54) is 25.9 Å². The van der Waals surface area contributed by atoms with Crippen LogP contribution in [0.25, 0.3) is 0 Å². The molecule has 0 aromatic rings. The molecule has 2 aliphatic heterocycles. The van der Waals surface area contributed by atoms with Gasteiger partial charge in [0.05, 0.1) is 0 Å². The fraction of sp³-hybridized carbons (Fsp3) is 0.889. The molecule has 0 saturated carbocycles. The van der Waals surface area contributed by atoms with Crippen LogP contribution in [0.3, 0.4) is 0 Å². The first kappa shape index (κ1) is 9.52. The van der Waals surface area contributed by atoms with Crippen molar-refractivity contribution in [2.45, 2.75) is 32.2 Å². The van der Waals surface area contributed by atoms with Gasteiger partial charge in [-0.3, -0.25) is 4.79 Å². The Bertz CT molecular complexity index is 135. The summed E-state index contributed by atoms with van der Waals surface area (Å²) in [5.41, 5.74) is 0. The Labute approximate surface area is 74.1 Å². The highest BCUT2D eigenvalue weighted by molar-refractivity contribution is 5.74. The molecule has 2 rings (SSSR count). The molecule has 2 heterocycles. The fourth-order valence-electron chi connectivity index (χ4n) is 1.42. The molecule has 1 amide bonds. The maximum Gasteiger partial charge on any atom is 0.219 e. The number of fused-ring (bicyclic) bond motifs is 1. The zero-order valence-corrected chi connectivity index (χ0v) is 7.97. The van der Waals surface area contributed by atoms with Gasteiger partial charge in [0.25, 0.3) is 0 Å². The summed E-state index contributed by atoms with van der Waals surface area (Å²) in [4.78, 5) is 12.6. The van der Waals surface area contributed by atoms with Crippen LogP contribution < -0.4 is 5.32 Å². The van der Waals surface area contributed by atoms with E-state index in [0.717, 1.165) is 6.04 Å². The van der Waals surface area contributed by atoms with E-state index in [0.29, 0.717) is 6.42 Å². The second kappa shape index (κ2) is 4.45. The van der Waals surface area contributed by atoms with Crippen molar-refractivity contribution >= 4 is 5.91 Å². The van der Waals surface area contributed by atoms with Gasteiger partial charge in [-0.25, -0.2) is 0 Å². The third-order valence-electron chi connectivity index (χ3n) is 2.62. The number of carbonyl (C=O) groups excluding carboxylic acids is 1. The van der Waals surface area contributed by atoms with Crippen LogP contribution >= 0.6 is 0 Å². The number of nitrogens with one attached hydrogen (secondary N) is 1. The second-order valence-electron chi connectivity index (χ2n) is 3.29. The highest BCUT2D eigenvalue weighted by Gasteiger charge is 2.34. The summed E-state index contributed by atoms with van der Waals surface area (Å²) >= 11 is 0. The minimum absolute atomic E-state index is 0.0926. The lowest BCUT2D eigenvalue weighted by Crippen LogP contribution is -2.57. The summed E-state index contributed by atoms with van der Waals surface area (Å²) in [6.07, 6.45) is 3.55. The zero-order valence-electron chi connectivity index (χ0n) is 7.97. The van der Waals surface area contributed by atoms with E-state index >= 15 is 0 Å². The SMILES string of the molecule is C1CN2CCC12.CCC(=O)NC. The molecule has 0 aromatic heterocycles. The van der Waals surface area contributed by atoms with Crippen LogP contribution in [0.2, 0.25) is 0 Å². The topological polar surface area (TPSA) is 32.3 Å². The van der Waals surface area contributed by atoms with Crippen molar-refractivity contribution in [3.8, 4) is 0 Å². The third-order valence-corrected chi connectivity index (χ3v) is 2.62. The molecular formula is C9H18N2O. The van der Waals surface area contributed by atoms with Crippen molar-refractivity contribution in [2.75, 3.05) is 20.1 Å². The molecule has 0 radical (unpaired) electrons. The predicted molar refractivity (Wildman–Crippen MR) is 49.0 cm³/mol. The monoisotopic (exact) mass is 170 g/mol. The van der Waals surface area contributed by atoms with E-state index in [1.807, 2.05) is 6.92 Å². The van der Waals surface area contributed by atoms with Gasteiger partial charge in [0.1, 0.15) is 0 Å². The number of piperidine rings is 1. The standard InChI is InChI=1S/C5H9N.C4H9NO/c1-3-6-4-2-5(1)6;1-3-4(6)5-2/h5H,1-4H2;3H2,1-2H3,(H,5,6). The molecule has 70 valence electrons. The summed E-state index contributed by atoms with van der Waals surface area (Å²) in [7, 11) is 1.63. The van der Waals surface area contributed by atoms with Crippen LogP contribution in [0.4, 0.5) is 0 Å². The molecule has 0 bridgehead atoms. The zero-order chi connectivity index (χ0) is 8.97. The first-order chi connectivity index (χ1) is 5.77. The summed E-state index contributed by atoms with van der Waals surface area (Å²) < 4.78 is 0. The van der Waals surface area contributed by atoms with Crippen molar-refractivity contribution in [3.63, 3.8) is 0 Å². The molecule has 2 saturated heterocycles. The van der Waals surface area contributed by atoms with Gasteiger partial charge >= 0.3 is 0 Å². The van der Waals surface area contributed by atoms with Gasteiger partial charge in [0.15, 0.2) is 0 Å². The van der Waals surface area contributed by atoms with Crippen LogP contribution in [-0.2, 0) is 4.79 Å². The molecule has 2 aliphatic rings. The summed E-state index contributed by atoms with van der Waals surface area (Å²) in [6.45, 7) is 4.61. The third kappa shape index (κ3) is 2.21. The largest absolute Gasteiger partial charge is 0.359 e. The smallest absolute Gasteiger partial charge is 0.219 e. The quantitative estimate of drug-likeness (QED) is 0.625. The Morgan fingerprint density at radius 3 is 2.00 bits per heavy atom. The molecular weight excluding hydrogens is 152 g/mol. The number of carbonyl (C=O) groups is 1. The molecule has 3 nitrogen and oxygen atoms in total. The van der Waals surface area contributed by atoms with Crippen LogP contribution in [0, 0.1) is 0 Å². The molecule has 12 heavy (non-hydrogen) atoms. The Hall–Kier alpha value is -0.570. The van der Waals surface area contributed by atoms with E-state index < -0.39 is 0 Å². The lowest BCUT2D eigenvalue weighted by Gasteiger charge is -2.50. The number of hydrogen-bond donors (Lipinski definition) is 1. The molecule has 0 aromatic carbocycles. The van der Waals surface area contributed by atoms with Crippen molar-refractivity contribution in [2.24, 2.45) is 0 Å². The van der Waals surface area contributed by atoms with Crippen LogP contribution in [0.1, 0.15) is 26.2 Å². The average Bonchev–Trinajstić information content (AvgIpc) is 2.10. The first-order valence-electron chi connectivity index (χ1n) is 4.72. The van der Waals surface area contributed by atoms with Crippen molar-refractivity contribution in [1.29, 1.82) is 0 Å². The van der Waals surface area contributed by atoms with Gasteiger partial charge in [0.2, 0.25) is 5.91 Å². The van der Waals surface area contributed by atoms with Crippen molar-refractivity contribution in [3.05, 3.63) is 0 Å². The molecule has 0 aliphatic carbocycles. The minimum Gasteiger partial charge on any atom is -0.359 e. The number of nitrogens with zero attached hydrogens (tertiary/aromatic N) is 1. The van der Waals surface area contributed by atoms with Crippen LogP contribution in [-0.4, -0.2) is 37.0 Å². The summed E-state index contributed by atoms with van der Waals surface area (Å²) in [5.74, 6) is 0.0926. The number of amides is 1. The Kier molecular flexibility index (Phi) is 3.53. The highest BCUT2D eigenvalue weighted by Crippen LogP contribution is 2.28. The molecule has 0 spiro atoms. The first-order valence-corrected chi connectivity index (χ1v) is 4.72. The average molecular weight is 170 g/mol. The van der Waals surface area contributed by atoms with E-state index in [1.54, 1.807) is 7.05 Å². The van der Waals surface area contributed by atoms with Gasteiger partial charge < -0.3 is 10.2 Å². The number of hydrogen-bond acceptors (Lipinski definition) is 2. The van der Waals surface area contributed by atoms with Gasteiger partial charge in [0, 0.05) is 19.5 Å². The normalized spacial score (nSPS) is 20.8. The van der Waals surface area contributed by atoms with Gasteiger partial charge in [-0.2, -0.15) is 0 Å². The Morgan fingerprint density at radius 1 is 1.50 bits per heavy atom. The van der Waals surface area contributed by atoms with Gasteiger partial charge in [-0.05, 0) is 25.9 Å².